The zero-order chi connectivity index (χ0) is 19.2. The average molecular weight is 375 g/mol. The van der Waals surface area contributed by atoms with Gasteiger partial charge in [0.2, 0.25) is 15.9 Å². The minimum absolute atomic E-state index is 0.167. The molecule has 0 saturated carbocycles. The molecule has 0 aliphatic carbocycles. The minimum Gasteiger partial charge on any atom is -0.344 e. The second kappa shape index (κ2) is 8.91. The summed E-state index contributed by atoms with van der Waals surface area (Å²) in [6.45, 7) is 2.47. The average Bonchev–Trinajstić information content (AvgIpc) is 2.60. The van der Waals surface area contributed by atoms with Crippen LogP contribution in [-0.2, 0) is 27.8 Å². The molecule has 6 nitrogen and oxygen atoms in total. The molecule has 1 heterocycles. The summed E-state index contributed by atoms with van der Waals surface area (Å²) < 4.78 is 25.5. The largest absolute Gasteiger partial charge is 0.344 e. The molecule has 1 aromatic heterocycles. The van der Waals surface area contributed by atoms with Crippen LogP contribution in [0.25, 0.3) is 0 Å². The number of carbonyl (C=O) groups excluding carboxylic acids is 1. The molecule has 0 saturated heterocycles. The molecular weight excluding hydrogens is 350 g/mol. The molecule has 7 heteroatoms. The Bertz CT molecular complexity index is 838. The molecule has 0 fully saturated rings. The summed E-state index contributed by atoms with van der Waals surface area (Å²) >= 11 is 0. The standard InChI is InChI=1S/C19H25N3O3S/c1-16-6-4-5-7-18(16)14-22(26(3,24)25)15-19(23)21(2)13-10-17-8-11-20-12-9-17/h4-9,11-12H,10,13-15H2,1-3H3. The van der Waals surface area contributed by atoms with E-state index >= 15 is 0 Å². The van der Waals surface area contributed by atoms with Gasteiger partial charge in [0.15, 0.2) is 0 Å². The van der Waals surface area contributed by atoms with Crippen molar-refractivity contribution in [3.05, 3.63) is 65.5 Å². The molecule has 0 N–H and O–H groups in total. The van der Waals surface area contributed by atoms with Crippen molar-refractivity contribution in [1.82, 2.24) is 14.2 Å². The Morgan fingerprint density at radius 2 is 1.77 bits per heavy atom. The van der Waals surface area contributed by atoms with Crippen LogP contribution in [0.4, 0.5) is 0 Å². The lowest BCUT2D eigenvalue weighted by Crippen LogP contribution is -2.41. The number of benzene rings is 1. The number of nitrogens with zero attached hydrogens (tertiary/aromatic N) is 3. The van der Waals surface area contributed by atoms with Crippen molar-refractivity contribution in [1.29, 1.82) is 0 Å². The predicted octanol–water partition coefficient (Wildman–Crippen LogP) is 1.85. The van der Waals surface area contributed by atoms with Gasteiger partial charge >= 0.3 is 0 Å². The lowest BCUT2D eigenvalue weighted by Gasteiger charge is -2.24. The highest BCUT2D eigenvalue weighted by molar-refractivity contribution is 7.88. The molecule has 0 bridgehead atoms. The number of hydrogen-bond acceptors (Lipinski definition) is 4. The zero-order valence-electron chi connectivity index (χ0n) is 15.4. The fraction of sp³-hybridized carbons (Fsp3) is 0.368. The lowest BCUT2D eigenvalue weighted by atomic mass is 10.1. The van der Waals surface area contributed by atoms with Crippen LogP contribution in [0.5, 0.6) is 0 Å². The molecule has 0 radical (unpaired) electrons. The Balaban J connectivity index is 2.01. The van der Waals surface area contributed by atoms with E-state index in [4.69, 9.17) is 0 Å². The zero-order valence-corrected chi connectivity index (χ0v) is 16.2. The van der Waals surface area contributed by atoms with E-state index in [9.17, 15) is 13.2 Å². The van der Waals surface area contributed by atoms with Gasteiger partial charge in [0.1, 0.15) is 0 Å². The summed E-state index contributed by atoms with van der Waals surface area (Å²) in [5.41, 5.74) is 2.98. The third-order valence-electron chi connectivity index (χ3n) is 4.30. The summed E-state index contributed by atoms with van der Waals surface area (Å²) in [6.07, 6.45) is 5.26. The molecule has 2 aromatic rings. The third kappa shape index (κ3) is 5.93. The van der Waals surface area contributed by atoms with Gasteiger partial charge in [-0.2, -0.15) is 4.31 Å². The Hall–Kier alpha value is -2.25. The summed E-state index contributed by atoms with van der Waals surface area (Å²) in [5, 5.41) is 0. The molecule has 26 heavy (non-hydrogen) atoms. The fourth-order valence-electron chi connectivity index (χ4n) is 2.51. The van der Waals surface area contributed by atoms with Gasteiger partial charge in [-0.3, -0.25) is 9.78 Å². The smallest absolute Gasteiger partial charge is 0.237 e. The van der Waals surface area contributed by atoms with Crippen LogP contribution < -0.4 is 0 Å². The number of likely N-dealkylation sites (N-methyl/N-ethyl adjacent to an activating group) is 1. The van der Waals surface area contributed by atoms with E-state index in [1.54, 1.807) is 24.3 Å². The minimum atomic E-state index is -3.50. The maximum Gasteiger partial charge on any atom is 0.237 e. The van der Waals surface area contributed by atoms with Crippen molar-refractivity contribution in [3.8, 4) is 0 Å². The van der Waals surface area contributed by atoms with Crippen LogP contribution in [0, 0.1) is 6.92 Å². The van der Waals surface area contributed by atoms with Crippen LogP contribution in [-0.4, -0.2) is 54.9 Å². The summed E-state index contributed by atoms with van der Waals surface area (Å²) in [6, 6.07) is 11.4. The Morgan fingerprint density at radius 1 is 1.12 bits per heavy atom. The van der Waals surface area contributed by atoms with Gasteiger partial charge in [0.25, 0.3) is 0 Å². The van der Waals surface area contributed by atoms with Gasteiger partial charge in [-0.05, 0) is 42.2 Å². The number of rotatable bonds is 8. The van der Waals surface area contributed by atoms with Crippen LogP contribution >= 0.6 is 0 Å². The number of hydrogen-bond donors (Lipinski definition) is 0. The first kappa shape index (κ1) is 20.1. The lowest BCUT2D eigenvalue weighted by molar-refractivity contribution is -0.130. The highest BCUT2D eigenvalue weighted by Crippen LogP contribution is 2.13. The molecule has 0 spiro atoms. The molecule has 1 aromatic carbocycles. The SMILES string of the molecule is Cc1ccccc1CN(CC(=O)N(C)CCc1ccncc1)S(C)(=O)=O. The van der Waals surface area contributed by atoms with Crippen molar-refractivity contribution < 1.29 is 13.2 Å². The van der Waals surface area contributed by atoms with E-state index in [1.807, 2.05) is 43.3 Å². The summed E-state index contributed by atoms with van der Waals surface area (Å²) in [4.78, 5) is 18.0. The number of pyridine rings is 1. The molecule has 2 rings (SSSR count). The van der Waals surface area contributed by atoms with Crippen molar-refractivity contribution in [2.24, 2.45) is 0 Å². The first-order valence-electron chi connectivity index (χ1n) is 8.40. The van der Waals surface area contributed by atoms with Gasteiger partial charge in [0.05, 0.1) is 12.8 Å². The Labute approximate surface area is 155 Å². The topological polar surface area (TPSA) is 70.6 Å². The summed E-state index contributed by atoms with van der Waals surface area (Å²) in [5.74, 6) is -0.224. The van der Waals surface area contributed by atoms with E-state index in [-0.39, 0.29) is 19.0 Å². The second-order valence-corrected chi connectivity index (χ2v) is 8.36. The van der Waals surface area contributed by atoms with Crippen LogP contribution in [0.3, 0.4) is 0 Å². The molecule has 0 aliphatic rings. The monoisotopic (exact) mass is 375 g/mol. The number of sulfonamides is 1. The van der Waals surface area contributed by atoms with Crippen LogP contribution in [0.15, 0.2) is 48.8 Å². The number of aryl methyl sites for hydroxylation is 1. The van der Waals surface area contributed by atoms with Gasteiger partial charge in [-0.25, -0.2) is 8.42 Å². The van der Waals surface area contributed by atoms with Gasteiger partial charge in [-0.15, -0.1) is 0 Å². The first-order valence-corrected chi connectivity index (χ1v) is 10.2. The molecule has 140 valence electrons. The van der Waals surface area contributed by atoms with Crippen LogP contribution in [0.1, 0.15) is 16.7 Å². The van der Waals surface area contributed by atoms with Crippen molar-refractivity contribution in [2.45, 2.75) is 19.9 Å². The van der Waals surface area contributed by atoms with Gasteiger partial charge < -0.3 is 4.90 Å². The van der Waals surface area contributed by atoms with Crippen LogP contribution in [0.2, 0.25) is 0 Å². The van der Waals surface area contributed by atoms with Gasteiger partial charge in [-0.1, -0.05) is 24.3 Å². The van der Waals surface area contributed by atoms with Crippen molar-refractivity contribution in [2.75, 3.05) is 26.4 Å². The molecular formula is C19H25N3O3S. The van der Waals surface area contributed by atoms with E-state index in [0.717, 1.165) is 22.9 Å². The van der Waals surface area contributed by atoms with E-state index in [0.29, 0.717) is 13.0 Å². The fourth-order valence-corrected chi connectivity index (χ4v) is 3.23. The Kier molecular flexibility index (Phi) is 6.88. The number of carbonyl (C=O) groups is 1. The Morgan fingerprint density at radius 3 is 2.38 bits per heavy atom. The van der Waals surface area contributed by atoms with E-state index < -0.39 is 10.0 Å². The highest BCUT2D eigenvalue weighted by Gasteiger charge is 2.22. The third-order valence-corrected chi connectivity index (χ3v) is 5.50. The second-order valence-electron chi connectivity index (χ2n) is 6.38. The summed E-state index contributed by atoms with van der Waals surface area (Å²) in [7, 11) is -1.81. The van der Waals surface area contributed by atoms with Crippen molar-refractivity contribution >= 4 is 15.9 Å². The predicted molar refractivity (Wildman–Crippen MR) is 102 cm³/mol. The number of aromatic nitrogens is 1. The normalized spacial score (nSPS) is 11.5. The number of amides is 1. The first-order chi connectivity index (χ1) is 12.3. The quantitative estimate of drug-likeness (QED) is 0.706. The van der Waals surface area contributed by atoms with Crippen molar-refractivity contribution in [3.63, 3.8) is 0 Å². The molecule has 0 atom stereocenters. The van der Waals surface area contributed by atoms with Gasteiger partial charge in [0, 0.05) is 32.5 Å². The maximum absolute atomic E-state index is 12.5. The van der Waals surface area contributed by atoms with E-state index in [2.05, 4.69) is 4.98 Å². The highest BCUT2D eigenvalue weighted by atomic mass is 32.2. The van der Waals surface area contributed by atoms with E-state index in [1.165, 1.54) is 4.31 Å². The molecule has 0 unspecified atom stereocenters. The molecule has 0 aliphatic heterocycles. The molecule has 1 amide bonds. The maximum atomic E-state index is 12.5.